The largest absolute Gasteiger partial charge is 0.481 e. The molecular weight excluding hydrogens is 294 g/mol. The molecule has 1 aliphatic heterocycles. The lowest BCUT2D eigenvalue weighted by Crippen LogP contribution is -2.37. The highest BCUT2D eigenvalue weighted by Gasteiger charge is 2.39. The van der Waals surface area contributed by atoms with Crippen molar-refractivity contribution >= 4 is 27.6 Å². The van der Waals surface area contributed by atoms with Gasteiger partial charge in [0.2, 0.25) is 0 Å². The van der Waals surface area contributed by atoms with Crippen LogP contribution in [0.25, 0.3) is 0 Å². The van der Waals surface area contributed by atoms with Crippen LogP contribution in [0.2, 0.25) is 5.02 Å². The van der Waals surface area contributed by atoms with Crippen LogP contribution in [-0.4, -0.2) is 46.2 Å². The van der Waals surface area contributed by atoms with Crippen LogP contribution in [0, 0.1) is 0 Å². The van der Waals surface area contributed by atoms with Crippen LogP contribution in [0.15, 0.2) is 11.2 Å². The predicted octanol–water partition coefficient (Wildman–Crippen LogP) is 0.701. The van der Waals surface area contributed by atoms with Gasteiger partial charge < -0.3 is 5.11 Å². The summed E-state index contributed by atoms with van der Waals surface area (Å²) in [6, 6.07) is -0.520. The van der Waals surface area contributed by atoms with Crippen LogP contribution in [0.3, 0.4) is 0 Å². The first-order valence-electron chi connectivity index (χ1n) is 5.75. The molecule has 1 saturated heterocycles. The quantitative estimate of drug-likeness (QED) is 0.884. The van der Waals surface area contributed by atoms with Crippen LogP contribution in [0.5, 0.6) is 0 Å². The lowest BCUT2D eigenvalue weighted by Gasteiger charge is -2.22. The van der Waals surface area contributed by atoms with Gasteiger partial charge in [-0.15, -0.1) is 0 Å². The fraction of sp³-hybridized carbons (Fsp3) is 0.600. The molecule has 0 radical (unpaired) electrons. The number of carbonyl (C=O) groups is 1. The minimum atomic E-state index is -3.81. The average molecular weight is 308 g/mol. The summed E-state index contributed by atoms with van der Waals surface area (Å²) >= 11 is 5.86. The van der Waals surface area contributed by atoms with Gasteiger partial charge >= 0.3 is 5.97 Å². The van der Waals surface area contributed by atoms with Crippen molar-refractivity contribution < 1.29 is 18.3 Å². The molecule has 2 heterocycles. The second kappa shape index (κ2) is 5.10. The Kier molecular flexibility index (Phi) is 3.84. The molecule has 0 amide bonds. The van der Waals surface area contributed by atoms with Crippen LogP contribution >= 0.6 is 11.6 Å². The van der Waals surface area contributed by atoms with E-state index in [4.69, 9.17) is 16.7 Å². The highest BCUT2D eigenvalue weighted by Crippen LogP contribution is 2.30. The third kappa shape index (κ3) is 2.60. The number of aryl methyl sites for hydroxylation is 1. The molecule has 1 atom stereocenters. The Morgan fingerprint density at radius 3 is 2.84 bits per heavy atom. The molecule has 0 saturated carbocycles. The van der Waals surface area contributed by atoms with Crippen molar-refractivity contribution in [3.05, 3.63) is 11.2 Å². The maximum Gasteiger partial charge on any atom is 0.304 e. The molecule has 1 aromatic rings. The Hall–Kier alpha value is -1.12. The lowest BCUT2D eigenvalue weighted by atomic mass is 10.2. The molecule has 1 N–H and O–H groups in total. The van der Waals surface area contributed by atoms with Crippen molar-refractivity contribution in [2.45, 2.75) is 30.3 Å². The molecular formula is C10H14ClN3O4S. The van der Waals surface area contributed by atoms with Crippen molar-refractivity contribution in [3.8, 4) is 0 Å². The third-order valence-corrected chi connectivity index (χ3v) is 5.59. The number of halogens is 1. The Morgan fingerprint density at radius 1 is 1.63 bits per heavy atom. The number of nitrogens with zero attached hydrogens (tertiary/aromatic N) is 3. The van der Waals surface area contributed by atoms with Crippen LogP contribution in [0.4, 0.5) is 0 Å². The Labute approximate surface area is 115 Å². The third-order valence-electron chi connectivity index (χ3n) is 3.13. The average Bonchev–Trinajstić information content (AvgIpc) is 2.85. The van der Waals surface area contributed by atoms with Gasteiger partial charge in [0.25, 0.3) is 10.0 Å². The number of carboxylic acids is 1. The highest BCUT2D eigenvalue weighted by molar-refractivity contribution is 7.89. The topological polar surface area (TPSA) is 92.5 Å². The van der Waals surface area contributed by atoms with Crippen LogP contribution in [-0.2, 0) is 21.9 Å². The number of sulfonamides is 1. The molecule has 1 aromatic heterocycles. The van der Waals surface area contributed by atoms with Gasteiger partial charge in [0.15, 0.2) is 5.03 Å². The van der Waals surface area contributed by atoms with Gasteiger partial charge in [-0.2, -0.15) is 9.40 Å². The normalized spacial score (nSPS) is 20.8. The zero-order valence-electron chi connectivity index (χ0n) is 10.3. The summed E-state index contributed by atoms with van der Waals surface area (Å²) in [4.78, 5) is 10.8. The SMILES string of the molecule is Cn1ncc(Cl)c1S(=O)(=O)N1CCCC1CC(=O)O. The second-order valence-corrected chi connectivity index (χ2v) is 6.64. The zero-order chi connectivity index (χ0) is 14.2. The van der Waals surface area contributed by atoms with Gasteiger partial charge in [0.05, 0.1) is 17.6 Å². The van der Waals surface area contributed by atoms with Crippen molar-refractivity contribution in [1.29, 1.82) is 0 Å². The van der Waals surface area contributed by atoms with E-state index >= 15 is 0 Å². The molecule has 19 heavy (non-hydrogen) atoms. The molecule has 0 aromatic carbocycles. The number of hydrogen-bond donors (Lipinski definition) is 1. The molecule has 9 heteroatoms. The smallest absolute Gasteiger partial charge is 0.304 e. The first kappa shape index (κ1) is 14.3. The molecule has 0 bridgehead atoms. The van der Waals surface area contributed by atoms with E-state index in [0.29, 0.717) is 19.4 Å². The summed E-state index contributed by atoms with van der Waals surface area (Å²) in [6.45, 7) is 0.307. The van der Waals surface area contributed by atoms with Crippen molar-refractivity contribution in [1.82, 2.24) is 14.1 Å². The standard InChI is InChI=1S/C10H14ClN3O4S/c1-13-10(8(11)6-12-13)19(17,18)14-4-2-3-7(14)5-9(15)16/h6-7H,2-5H2,1H3,(H,15,16). The van der Waals surface area contributed by atoms with Gasteiger partial charge in [-0.3, -0.25) is 9.48 Å². The molecule has 7 nitrogen and oxygen atoms in total. The monoisotopic (exact) mass is 307 g/mol. The van der Waals surface area contributed by atoms with E-state index in [-0.39, 0.29) is 16.5 Å². The summed E-state index contributed by atoms with van der Waals surface area (Å²) in [5.74, 6) is -1.01. The van der Waals surface area contributed by atoms with E-state index in [1.807, 2.05) is 0 Å². The number of carboxylic acid groups (broad SMARTS) is 1. The minimum Gasteiger partial charge on any atom is -0.481 e. The molecule has 1 aliphatic rings. The van der Waals surface area contributed by atoms with Crippen molar-refractivity contribution in [2.75, 3.05) is 6.54 Å². The summed E-state index contributed by atoms with van der Waals surface area (Å²) in [5.41, 5.74) is 0. The Morgan fingerprint density at radius 2 is 2.32 bits per heavy atom. The minimum absolute atomic E-state index is 0.0449. The van der Waals surface area contributed by atoms with Gasteiger partial charge in [0, 0.05) is 19.6 Å². The van der Waals surface area contributed by atoms with E-state index in [0.717, 1.165) is 0 Å². The maximum atomic E-state index is 12.5. The Balaban J connectivity index is 2.37. The van der Waals surface area contributed by atoms with Gasteiger partial charge in [-0.05, 0) is 12.8 Å². The summed E-state index contributed by atoms with van der Waals surface area (Å²) in [6.07, 6.45) is 2.25. The highest BCUT2D eigenvalue weighted by atomic mass is 35.5. The maximum absolute atomic E-state index is 12.5. The zero-order valence-corrected chi connectivity index (χ0v) is 11.9. The summed E-state index contributed by atoms with van der Waals surface area (Å²) < 4.78 is 27.4. The fourth-order valence-corrected chi connectivity index (χ4v) is 4.63. The molecule has 1 unspecified atom stereocenters. The molecule has 0 spiro atoms. The fourth-order valence-electron chi connectivity index (χ4n) is 2.33. The van der Waals surface area contributed by atoms with E-state index in [1.54, 1.807) is 0 Å². The molecule has 106 valence electrons. The summed E-state index contributed by atoms with van der Waals surface area (Å²) in [7, 11) is -2.33. The number of rotatable bonds is 4. The predicted molar refractivity (Wildman–Crippen MR) is 67.4 cm³/mol. The molecule has 2 rings (SSSR count). The lowest BCUT2D eigenvalue weighted by molar-refractivity contribution is -0.137. The van der Waals surface area contributed by atoms with Gasteiger partial charge in [-0.25, -0.2) is 8.42 Å². The number of hydrogen-bond acceptors (Lipinski definition) is 4. The van der Waals surface area contributed by atoms with E-state index < -0.39 is 22.0 Å². The van der Waals surface area contributed by atoms with Crippen molar-refractivity contribution in [2.24, 2.45) is 7.05 Å². The second-order valence-electron chi connectivity index (χ2n) is 4.43. The van der Waals surface area contributed by atoms with Crippen LogP contribution in [0.1, 0.15) is 19.3 Å². The first-order chi connectivity index (χ1) is 8.84. The first-order valence-corrected chi connectivity index (χ1v) is 7.57. The van der Waals surface area contributed by atoms with Gasteiger partial charge in [-0.1, -0.05) is 11.6 Å². The van der Waals surface area contributed by atoms with E-state index in [9.17, 15) is 13.2 Å². The van der Waals surface area contributed by atoms with Gasteiger partial charge in [0.1, 0.15) is 0 Å². The summed E-state index contributed by atoms with van der Waals surface area (Å²) in [5, 5.41) is 12.6. The number of aliphatic carboxylic acids is 1. The Bertz CT molecular complexity index is 578. The van der Waals surface area contributed by atoms with Crippen LogP contribution < -0.4 is 0 Å². The molecule has 1 fully saturated rings. The van der Waals surface area contributed by atoms with E-state index in [1.165, 1.54) is 22.2 Å². The van der Waals surface area contributed by atoms with E-state index in [2.05, 4.69) is 5.10 Å². The number of aromatic nitrogens is 2. The van der Waals surface area contributed by atoms with Crippen molar-refractivity contribution in [3.63, 3.8) is 0 Å². The molecule has 0 aliphatic carbocycles.